The summed E-state index contributed by atoms with van der Waals surface area (Å²) in [6.07, 6.45) is 1.28. The van der Waals surface area contributed by atoms with Crippen molar-refractivity contribution in [2.24, 2.45) is 0 Å². The van der Waals surface area contributed by atoms with Gasteiger partial charge in [-0.15, -0.1) is 11.8 Å². The molecule has 0 saturated heterocycles. The predicted octanol–water partition coefficient (Wildman–Crippen LogP) is 1.39. The topological polar surface area (TPSA) is 29.1 Å². The van der Waals surface area contributed by atoms with E-state index >= 15 is 0 Å². The Bertz CT molecular complexity index is 125. The number of carbonyl (C=O) groups is 1. The Morgan fingerprint density at radius 1 is 1.90 bits per heavy atom. The average Bonchev–Trinajstić information content (AvgIpc) is 1.88. The minimum Gasteiger partial charge on any atom is -0.341 e. The number of rotatable bonds is 4. The third kappa shape index (κ3) is 4.44. The fraction of sp³-hybridized carbons (Fsp3) is 0.571. The van der Waals surface area contributed by atoms with Gasteiger partial charge in [0.25, 0.3) is 0 Å². The molecule has 0 aromatic carbocycles. The van der Waals surface area contributed by atoms with E-state index in [9.17, 15) is 4.79 Å². The predicted molar refractivity (Wildman–Crippen MR) is 45.9 cm³/mol. The summed E-state index contributed by atoms with van der Waals surface area (Å²) in [6, 6.07) is 0. The fourth-order valence-electron chi connectivity index (χ4n) is 0.551. The van der Waals surface area contributed by atoms with E-state index in [0.717, 1.165) is 5.75 Å². The van der Waals surface area contributed by atoms with Crippen LogP contribution >= 0.6 is 11.8 Å². The van der Waals surface area contributed by atoms with Crippen molar-refractivity contribution in [3.8, 4) is 0 Å². The van der Waals surface area contributed by atoms with Gasteiger partial charge >= 0.3 is 0 Å². The Hall–Kier alpha value is -0.440. The van der Waals surface area contributed by atoms with Gasteiger partial charge in [0.05, 0.1) is 5.37 Å². The molecule has 0 heterocycles. The summed E-state index contributed by atoms with van der Waals surface area (Å²) < 4.78 is 0. The van der Waals surface area contributed by atoms with Crippen LogP contribution in [0.1, 0.15) is 13.8 Å². The summed E-state index contributed by atoms with van der Waals surface area (Å²) in [4.78, 5) is 10.7. The normalized spacial score (nSPS) is 12.2. The van der Waals surface area contributed by atoms with E-state index in [1.54, 1.807) is 11.8 Å². The second kappa shape index (κ2) is 5.35. The molecule has 0 aliphatic carbocycles. The molecule has 0 fully saturated rings. The highest BCUT2D eigenvalue weighted by molar-refractivity contribution is 7.99. The van der Waals surface area contributed by atoms with Crippen molar-refractivity contribution in [3.05, 3.63) is 12.7 Å². The highest BCUT2D eigenvalue weighted by atomic mass is 32.2. The second-order valence-electron chi connectivity index (χ2n) is 1.81. The van der Waals surface area contributed by atoms with Gasteiger partial charge in [0.1, 0.15) is 0 Å². The van der Waals surface area contributed by atoms with E-state index in [1.807, 2.05) is 6.92 Å². The van der Waals surface area contributed by atoms with Gasteiger partial charge in [-0.25, -0.2) is 0 Å². The van der Waals surface area contributed by atoms with Gasteiger partial charge < -0.3 is 5.32 Å². The largest absolute Gasteiger partial charge is 0.341 e. The van der Waals surface area contributed by atoms with E-state index in [0.29, 0.717) is 0 Å². The summed E-state index contributed by atoms with van der Waals surface area (Å²) >= 11 is 1.70. The lowest BCUT2D eigenvalue weighted by atomic mass is 10.5. The fourth-order valence-corrected chi connectivity index (χ4v) is 1.25. The smallest absolute Gasteiger partial charge is 0.244 e. The van der Waals surface area contributed by atoms with Gasteiger partial charge in [-0.2, -0.15) is 0 Å². The molecule has 0 spiro atoms. The molecule has 0 radical (unpaired) electrons. The molecule has 2 nitrogen and oxygen atoms in total. The number of hydrogen-bond donors (Lipinski definition) is 1. The molecule has 1 amide bonds. The Morgan fingerprint density at radius 3 is 2.90 bits per heavy atom. The Balaban J connectivity index is 3.46. The molecule has 0 bridgehead atoms. The van der Waals surface area contributed by atoms with Crippen LogP contribution in [0.3, 0.4) is 0 Å². The third-order valence-corrected chi connectivity index (χ3v) is 1.90. The van der Waals surface area contributed by atoms with Crippen molar-refractivity contribution in [2.45, 2.75) is 19.2 Å². The average molecular weight is 159 g/mol. The number of amides is 1. The van der Waals surface area contributed by atoms with Crippen molar-refractivity contribution < 1.29 is 4.79 Å². The summed E-state index contributed by atoms with van der Waals surface area (Å²) in [5.74, 6) is 0.909. The molecule has 0 saturated carbocycles. The van der Waals surface area contributed by atoms with E-state index in [1.165, 1.54) is 6.08 Å². The molecule has 1 N–H and O–H groups in total. The van der Waals surface area contributed by atoms with Crippen molar-refractivity contribution in [3.63, 3.8) is 0 Å². The number of carbonyl (C=O) groups excluding carboxylic acids is 1. The molecular formula is C7H13NOS. The van der Waals surface area contributed by atoms with Crippen LogP contribution in [0, 0.1) is 0 Å². The van der Waals surface area contributed by atoms with Crippen LogP contribution in [0.15, 0.2) is 12.7 Å². The van der Waals surface area contributed by atoms with Crippen LogP contribution in [0.5, 0.6) is 0 Å². The van der Waals surface area contributed by atoms with Gasteiger partial charge in [-0.3, -0.25) is 4.79 Å². The molecule has 3 heteroatoms. The van der Waals surface area contributed by atoms with E-state index in [4.69, 9.17) is 0 Å². The highest BCUT2D eigenvalue weighted by Crippen LogP contribution is 2.04. The Kier molecular flexibility index (Phi) is 5.12. The van der Waals surface area contributed by atoms with E-state index in [2.05, 4.69) is 18.8 Å². The van der Waals surface area contributed by atoms with Crippen molar-refractivity contribution >= 4 is 17.7 Å². The third-order valence-electron chi connectivity index (χ3n) is 0.948. The molecule has 1 unspecified atom stereocenters. The van der Waals surface area contributed by atoms with Crippen LogP contribution in [0.4, 0.5) is 0 Å². The molecule has 0 aliphatic heterocycles. The van der Waals surface area contributed by atoms with Crippen LogP contribution < -0.4 is 5.32 Å². The molecule has 0 rings (SSSR count). The SMILES string of the molecule is C=CC(=O)NC(C)SCC. The van der Waals surface area contributed by atoms with Gasteiger partial charge in [0.2, 0.25) is 5.91 Å². The maximum absolute atomic E-state index is 10.7. The lowest BCUT2D eigenvalue weighted by Gasteiger charge is -2.09. The maximum Gasteiger partial charge on any atom is 0.244 e. The first-order valence-corrected chi connectivity index (χ1v) is 4.30. The van der Waals surface area contributed by atoms with Crippen molar-refractivity contribution in [1.29, 1.82) is 0 Å². The lowest BCUT2D eigenvalue weighted by Crippen LogP contribution is -2.28. The van der Waals surface area contributed by atoms with Crippen molar-refractivity contribution in [1.82, 2.24) is 5.32 Å². The van der Waals surface area contributed by atoms with E-state index in [-0.39, 0.29) is 11.3 Å². The van der Waals surface area contributed by atoms with Crippen LogP contribution in [-0.4, -0.2) is 17.0 Å². The summed E-state index contributed by atoms with van der Waals surface area (Å²) in [5.41, 5.74) is 0. The van der Waals surface area contributed by atoms with Gasteiger partial charge in [0.15, 0.2) is 0 Å². The van der Waals surface area contributed by atoms with Gasteiger partial charge in [-0.1, -0.05) is 13.5 Å². The summed E-state index contributed by atoms with van der Waals surface area (Å²) in [5, 5.41) is 2.93. The van der Waals surface area contributed by atoms with E-state index < -0.39 is 0 Å². The molecular weight excluding hydrogens is 146 g/mol. The zero-order valence-electron chi connectivity index (χ0n) is 6.39. The van der Waals surface area contributed by atoms with Crippen molar-refractivity contribution in [2.75, 3.05) is 5.75 Å². The molecule has 0 aromatic heterocycles. The molecule has 0 aliphatic rings. The number of nitrogens with one attached hydrogen (secondary N) is 1. The van der Waals surface area contributed by atoms with Gasteiger partial charge in [0, 0.05) is 0 Å². The van der Waals surface area contributed by atoms with Crippen LogP contribution in [-0.2, 0) is 4.79 Å². The maximum atomic E-state index is 10.7. The second-order valence-corrected chi connectivity index (χ2v) is 3.43. The zero-order chi connectivity index (χ0) is 7.98. The first-order chi connectivity index (χ1) is 4.70. The molecule has 0 aromatic rings. The zero-order valence-corrected chi connectivity index (χ0v) is 7.20. The minimum absolute atomic E-state index is 0.103. The monoisotopic (exact) mass is 159 g/mol. The minimum atomic E-state index is -0.103. The lowest BCUT2D eigenvalue weighted by molar-refractivity contribution is -0.116. The van der Waals surface area contributed by atoms with Crippen LogP contribution in [0.25, 0.3) is 0 Å². The number of hydrogen-bond acceptors (Lipinski definition) is 2. The van der Waals surface area contributed by atoms with Crippen LogP contribution in [0.2, 0.25) is 0 Å². The highest BCUT2D eigenvalue weighted by Gasteiger charge is 2.01. The Labute approximate surface area is 66.1 Å². The Morgan fingerprint density at radius 2 is 2.50 bits per heavy atom. The summed E-state index contributed by atoms with van der Waals surface area (Å²) in [6.45, 7) is 7.36. The first kappa shape index (κ1) is 9.56. The standard InChI is InChI=1S/C7H13NOS/c1-4-7(9)8-6(3)10-5-2/h4,6H,1,5H2,2-3H3,(H,8,9). The molecule has 10 heavy (non-hydrogen) atoms. The molecule has 58 valence electrons. The first-order valence-electron chi connectivity index (χ1n) is 3.25. The molecule has 1 atom stereocenters. The number of thioether (sulfide) groups is 1. The van der Waals surface area contributed by atoms with Gasteiger partial charge in [-0.05, 0) is 18.8 Å². The quantitative estimate of drug-likeness (QED) is 0.496. The summed E-state index contributed by atoms with van der Waals surface area (Å²) in [7, 11) is 0.